The zero-order valence-electron chi connectivity index (χ0n) is 33.0. The summed E-state index contributed by atoms with van der Waals surface area (Å²) in [4.78, 5) is 90.2. The number of aliphatic hydroxyl groups is 1. The number of nitrogens with zero attached hydrogens (tertiary/aromatic N) is 5. The zero-order chi connectivity index (χ0) is 44.7. The maximum atomic E-state index is 12.9. The number of ether oxygens (including phenoxy) is 2. The summed E-state index contributed by atoms with van der Waals surface area (Å²) < 4.78 is 55.2. The zero-order valence-corrected chi connectivity index (χ0v) is 36.5. The van der Waals surface area contributed by atoms with Gasteiger partial charge in [-0.05, 0) is 68.5 Å². The third-order valence-corrected chi connectivity index (χ3v) is 14.4. The number of hydrogen-bond acceptors (Lipinski definition) is 18. The van der Waals surface area contributed by atoms with Gasteiger partial charge < -0.3 is 59.8 Å². The van der Waals surface area contributed by atoms with Crippen LogP contribution in [0.1, 0.15) is 63.3 Å². The van der Waals surface area contributed by atoms with Crippen LogP contribution in [0.4, 0.5) is 16.3 Å². The van der Waals surface area contributed by atoms with Crippen LogP contribution in [0.15, 0.2) is 40.1 Å². The molecule has 0 bridgehead atoms. The molecule has 61 heavy (non-hydrogen) atoms. The van der Waals surface area contributed by atoms with Crippen LogP contribution < -0.4 is 26.9 Å². The third-order valence-electron chi connectivity index (χ3n) is 9.99. The molecule has 4 aromatic rings. The van der Waals surface area contributed by atoms with Crippen LogP contribution >= 0.6 is 22.4 Å². The number of carbonyl (C=O) groups is 2. The highest BCUT2D eigenvalue weighted by molar-refractivity contribution is 8.08. The summed E-state index contributed by atoms with van der Waals surface area (Å²) in [5.74, 6) is -0.0500. The van der Waals surface area contributed by atoms with Gasteiger partial charge in [-0.3, -0.25) is 13.9 Å². The molecule has 2 aliphatic heterocycles. The molecule has 9 N–H and O–H groups in total. The lowest BCUT2D eigenvalue weighted by atomic mass is 9.79. The van der Waals surface area contributed by atoms with Crippen molar-refractivity contribution in [3.63, 3.8) is 0 Å². The summed E-state index contributed by atoms with van der Waals surface area (Å²) in [6.07, 6.45) is -3.68. The van der Waals surface area contributed by atoms with Crippen LogP contribution in [0, 0.1) is 6.92 Å². The quantitative estimate of drug-likeness (QED) is 0.0454. The van der Waals surface area contributed by atoms with E-state index in [1.807, 2.05) is 13.0 Å². The van der Waals surface area contributed by atoms with E-state index in [2.05, 4.69) is 77.8 Å². The van der Waals surface area contributed by atoms with Gasteiger partial charge in [-0.2, -0.15) is 4.31 Å². The topological polar surface area (TPSA) is 343 Å². The number of nitrogens with one attached hydrogen (secondary N) is 2. The van der Waals surface area contributed by atoms with Gasteiger partial charge in [0.05, 0.1) is 12.9 Å². The lowest BCUT2D eigenvalue weighted by Gasteiger charge is -2.47. The fourth-order valence-corrected chi connectivity index (χ4v) is 11.3. The fraction of sp³-hybridized carbons (Fsp3) is 0.515. The standard InChI is InChI=1S/C33H45N8O16P3S/c1-17-10-25(43)53-22-12-21-19(11-20(17)22)18(2)13-33(3,4)41(21)9-5-6-24(42)35-7-8-36-32(45)55-28-23(14-52-58(46,47)56-59(48,49)57-60(50,51)61)54-31(27(28)44)40-16-39-26-29(34)37-15-38-30(26)40/h10-12,15-16,18,23,27-28,31,44H,5-9,13-14H2,1-4H3,(H,35,42)(H,36,45)(H,46,47)(H,48,49)(H2,34,37,38)(H2,50,51,61)/t18?,23-,27-,28-,31-/m1/s1. The number of carbonyl (C=O) groups excluding carboxylic acids is 2. The largest absolute Gasteiger partial charge is 0.488 e. The maximum Gasteiger partial charge on any atom is 0.488 e. The normalized spacial score (nSPS) is 23.3. The molecule has 28 heteroatoms. The monoisotopic (exact) mass is 934 g/mol. The number of fused-ring (bicyclic) bond motifs is 3. The molecule has 0 spiro atoms. The van der Waals surface area contributed by atoms with E-state index in [9.17, 15) is 38.4 Å². The van der Waals surface area contributed by atoms with Gasteiger partial charge in [0.1, 0.15) is 29.6 Å². The van der Waals surface area contributed by atoms with Crippen LogP contribution in [0.25, 0.3) is 22.1 Å². The number of imidazole rings is 1. The SMILES string of the molecule is Cc1cc(=O)oc2cc3c(cc12)C(C)CC(C)(C)N3CCCC(=O)NCCNC(=O)O[C@H]1[C@@H](O)[C@H](n2cnc3c(N)ncnc32)O[C@@H]1COP(=O)(O)OP(=O)(O)OP(O)(O)=S. The van der Waals surface area contributed by atoms with Gasteiger partial charge in [0.25, 0.3) is 0 Å². The number of rotatable bonds is 16. The van der Waals surface area contributed by atoms with Crippen molar-refractivity contribution in [1.82, 2.24) is 30.2 Å². The molecule has 2 aliphatic rings. The lowest BCUT2D eigenvalue weighted by molar-refractivity contribution is -0.121. The number of aryl methyl sites for hydroxylation is 1. The second-order valence-electron chi connectivity index (χ2n) is 15.0. The Hall–Kier alpha value is -3.93. The first kappa shape index (κ1) is 46.6. The average Bonchev–Trinajstić information content (AvgIpc) is 3.69. The number of aromatic nitrogens is 4. The Balaban J connectivity index is 1.04. The first-order valence-electron chi connectivity index (χ1n) is 18.6. The van der Waals surface area contributed by atoms with Gasteiger partial charge >= 0.3 is 34.1 Å². The second kappa shape index (κ2) is 18.0. The molecule has 24 nitrogen and oxygen atoms in total. The van der Waals surface area contributed by atoms with Gasteiger partial charge in [-0.1, -0.05) is 6.92 Å². The number of phosphoric ester groups is 1. The van der Waals surface area contributed by atoms with Gasteiger partial charge in [0, 0.05) is 54.8 Å². The Kier molecular flexibility index (Phi) is 13.8. The summed E-state index contributed by atoms with van der Waals surface area (Å²) in [6.45, 7) is 2.81. The Morgan fingerprint density at radius 1 is 1.07 bits per heavy atom. The first-order chi connectivity index (χ1) is 28.4. The van der Waals surface area contributed by atoms with Crippen LogP contribution in [0.2, 0.25) is 0 Å². The van der Waals surface area contributed by atoms with Crippen molar-refractivity contribution in [3.8, 4) is 0 Å². The number of anilines is 2. The van der Waals surface area contributed by atoms with Crippen molar-refractivity contribution in [2.24, 2.45) is 0 Å². The van der Waals surface area contributed by atoms with Crippen molar-refractivity contribution in [3.05, 3.63) is 52.4 Å². The number of benzene rings is 1. The summed E-state index contributed by atoms with van der Waals surface area (Å²) in [7, 11) is -11.2. The molecule has 0 radical (unpaired) electrons. The molecular formula is C33H45N8O16P3S. The Bertz CT molecular complexity index is 2520. The van der Waals surface area contributed by atoms with Crippen molar-refractivity contribution >= 4 is 79.8 Å². The Morgan fingerprint density at radius 2 is 1.79 bits per heavy atom. The summed E-state index contributed by atoms with van der Waals surface area (Å²) in [5.41, 5.74) is 8.80. The number of aliphatic hydroxyl groups excluding tert-OH is 1. The molecule has 3 aromatic heterocycles. The molecule has 0 saturated carbocycles. The smallest absolute Gasteiger partial charge is 0.440 e. The summed E-state index contributed by atoms with van der Waals surface area (Å²) >= 11 is 4.08. The minimum Gasteiger partial charge on any atom is -0.440 e. The minimum absolute atomic E-state index is 0.00618. The molecule has 0 aliphatic carbocycles. The van der Waals surface area contributed by atoms with Crippen LogP contribution in [0.3, 0.4) is 0 Å². The van der Waals surface area contributed by atoms with E-state index in [4.69, 9.17) is 33.9 Å². The third kappa shape index (κ3) is 11.2. The molecule has 2 amide bonds. The Labute approximate surface area is 351 Å². The maximum absolute atomic E-state index is 12.9. The van der Waals surface area contributed by atoms with Gasteiger partial charge in [0.15, 0.2) is 23.8 Å². The molecule has 1 saturated heterocycles. The molecule has 5 heterocycles. The van der Waals surface area contributed by atoms with Crippen LogP contribution in [-0.4, -0.2) is 106 Å². The highest BCUT2D eigenvalue weighted by Crippen LogP contribution is 2.66. The predicted octanol–water partition coefficient (Wildman–Crippen LogP) is 2.32. The van der Waals surface area contributed by atoms with Crippen LogP contribution in [-0.2, 0) is 48.4 Å². The van der Waals surface area contributed by atoms with E-state index in [1.54, 1.807) is 0 Å². The van der Waals surface area contributed by atoms with Gasteiger partial charge in [-0.15, -0.1) is 0 Å². The molecule has 334 valence electrons. The number of nitrogen functional groups attached to an aromatic ring is 1. The molecule has 6 rings (SSSR count). The highest BCUT2D eigenvalue weighted by atomic mass is 32.5. The average molecular weight is 935 g/mol. The molecule has 7 atom stereocenters. The van der Waals surface area contributed by atoms with Gasteiger partial charge in [0.2, 0.25) is 5.91 Å². The molecular weight excluding hydrogens is 889 g/mol. The summed E-state index contributed by atoms with van der Waals surface area (Å²) in [6, 6.07) is 5.44. The molecule has 3 unspecified atom stereocenters. The molecule has 1 aromatic carbocycles. The van der Waals surface area contributed by atoms with E-state index >= 15 is 0 Å². The fourth-order valence-electron chi connectivity index (χ4n) is 7.49. The van der Waals surface area contributed by atoms with E-state index in [0.29, 0.717) is 18.5 Å². The number of phosphoric acid groups is 2. The van der Waals surface area contributed by atoms with Crippen molar-refractivity contribution in [2.45, 2.75) is 83.0 Å². The number of nitrogens with two attached hydrogens (primary N) is 1. The highest BCUT2D eigenvalue weighted by Gasteiger charge is 2.49. The van der Waals surface area contributed by atoms with Crippen molar-refractivity contribution in [2.75, 3.05) is 36.9 Å². The minimum atomic E-state index is -5.66. The van der Waals surface area contributed by atoms with E-state index in [1.165, 1.54) is 17.0 Å². The predicted molar refractivity (Wildman–Crippen MR) is 218 cm³/mol. The lowest BCUT2D eigenvalue weighted by Crippen LogP contribution is -2.49. The number of hydrogen-bond donors (Lipinski definition) is 8. The second-order valence-corrected chi connectivity index (χ2v) is 20.8. The van der Waals surface area contributed by atoms with E-state index in [0.717, 1.165) is 34.9 Å². The van der Waals surface area contributed by atoms with Crippen LogP contribution in [0.5, 0.6) is 0 Å². The first-order valence-corrected chi connectivity index (χ1v) is 24.2. The van der Waals surface area contributed by atoms with Crippen molar-refractivity contribution < 1.29 is 70.4 Å². The molecule has 1 fully saturated rings. The number of amides is 2. The van der Waals surface area contributed by atoms with Crippen molar-refractivity contribution in [1.29, 1.82) is 0 Å². The summed E-state index contributed by atoms with van der Waals surface area (Å²) in [5, 5.41) is 17.3. The number of alkyl carbamates (subject to hydrolysis) is 1. The Morgan fingerprint density at radius 3 is 2.51 bits per heavy atom. The van der Waals surface area contributed by atoms with Gasteiger partial charge in [-0.25, -0.2) is 38.0 Å². The van der Waals surface area contributed by atoms with E-state index in [-0.39, 0.29) is 53.9 Å². The van der Waals surface area contributed by atoms with E-state index < -0.39 is 65.2 Å².